The highest BCUT2D eigenvalue weighted by atomic mass is 35.5. The molecule has 2 heterocycles. The van der Waals surface area contributed by atoms with Gasteiger partial charge >= 0.3 is 0 Å². The maximum Gasteiger partial charge on any atom is 0.278 e. The number of hydrogen-bond acceptors (Lipinski definition) is 4. The minimum atomic E-state index is -0.250. The van der Waals surface area contributed by atoms with Crippen LogP contribution in [-0.4, -0.2) is 34.0 Å². The number of rotatable bonds is 3. The van der Waals surface area contributed by atoms with Crippen LogP contribution in [0.4, 0.5) is 5.69 Å². The van der Waals surface area contributed by atoms with Gasteiger partial charge in [0.05, 0.1) is 11.7 Å². The maximum absolute atomic E-state index is 12.3. The summed E-state index contributed by atoms with van der Waals surface area (Å²) in [6.45, 7) is 3.82. The Morgan fingerprint density at radius 3 is 2.61 bits per heavy atom. The lowest BCUT2D eigenvalue weighted by Gasteiger charge is -2.23. The molecule has 1 aromatic carbocycles. The third-order valence-corrected chi connectivity index (χ3v) is 4.15. The number of halogens is 2. The molecule has 0 unspecified atom stereocenters. The lowest BCUT2D eigenvalue weighted by molar-refractivity contribution is 0.102. The molecule has 0 saturated carbocycles. The van der Waals surface area contributed by atoms with Gasteiger partial charge in [-0.2, -0.15) is 0 Å². The van der Waals surface area contributed by atoms with E-state index in [0.29, 0.717) is 22.4 Å². The van der Waals surface area contributed by atoms with Gasteiger partial charge in [0, 0.05) is 10.7 Å². The van der Waals surface area contributed by atoms with E-state index < -0.39 is 0 Å². The third kappa shape index (κ3) is 4.02. The Morgan fingerprint density at radius 1 is 1.30 bits per heavy atom. The second-order valence-corrected chi connectivity index (χ2v) is 5.85. The van der Waals surface area contributed by atoms with Crippen molar-refractivity contribution in [1.82, 2.24) is 20.3 Å². The van der Waals surface area contributed by atoms with Crippen LogP contribution >= 0.6 is 24.0 Å². The topological polar surface area (TPSA) is 71.8 Å². The van der Waals surface area contributed by atoms with Crippen molar-refractivity contribution < 1.29 is 4.79 Å². The van der Waals surface area contributed by atoms with E-state index in [1.165, 1.54) is 0 Å². The van der Waals surface area contributed by atoms with Crippen LogP contribution in [0.1, 0.15) is 35.1 Å². The average molecular weight is 356 g/mol. The lowest BCUT2D eigenvalue weighted by Crippen LogP contribution is -2.30. The van der Waals surface area contributed by atoms with Gasteiger partial charge in [0.1, 0.15) is 0 Å². The van der Waals surface area contributed by atoms with Crippen molar-refractivity contribution in [2.45, 2.75) is 25.8 Å². The first kappa shape index (κ1) is 17.7. The van der Waals surface area contributed by atoms with Crippen LogP contribution in [0.15, 0.2) is 24.3 Å². The zero-order chi connectivity index (χ0) is 15.5. The van der Waals surface area contributed by atoms with E-state index in [-0.39, 0.29) is 18.3 Å². The Hall–Kier alpha value is -1.63. The number of benzene rings is 1. The molecule has 3 rings (SSSR count). The summed E-state index contributed by atoms with van der Waals surface area (Å²) in [4.78, 5) is 12.3. The first-order valence-corrected chi connectivity index (χ1v) is 7.72. The molecular formula is C15H19Cl2N5O. The Labute approximate surface area is 146 Å². The quantitative estimate of drug-likeness (QED) is 0.887. The SMILES string of the molecule is Cc1c(C(=O)Nc2ccc(Cl)cc2)nnn1C1CCNCC1.Cl. The lowest BCUT2D eigenvalue weighted by atomic mass is 10.1. The van der Waals surface area contributed by atoms with Crippen molar-refractivity contribution in [3.63, 3.8) is 0 Å². The summed E-state index contributed by atoms with van der Waals surface area (Å²) < 4.78 is 1.87. The number of nitrogens with one attached hydrogen (secondary N) is 2. The number of hydrogen-bond donors (Lipinski definition) is 2. The van der Waals surface area contributed by atoms with E-state index in [2.05, 4.69) is 20.9 Å². The molecule has 8 heteroatoms. The maximum atomic E-state index is 12.3. The molecule has 0 atom stereocenters. The molecule has 1 amide bonds. The summed E-state index contributed by atoms with van der Waals surface area (Å²) in [5.74, 6) is -0.250. The highest BCUT2D eigenvalue weighted by molar-refractivity contribution is 6.30. The van der Waals surface area contributed by atoms with E-state index in [9.17, 15) is 4.79 Å². The van der Waals surface area contributed by atoms with Crippen LogP contribution in [0.2, 0.25) is 5.02 Å². The van der Waals surface area contributed by atoms with Crippen LogP contribution < -0.4 is 10.6 Å². The van der Waals surface area contributed by atoms with Crippen molar-refractivity contribution in [1.29, 1.82) is 0 Å². The number of anilines is 1. The Morgan fingerprint density at radius 2 is 1.96 bits per heavy atom. The van der Waals surface area contributed by atoms with E-state index in [0.717, 1.165) is 31.6 Å². The Kier molecular flexibility index (Phi) is 5.98. The molecule has 0 aliphatic carbocycles. The summed E-state index contributed by atoms with van der Waals surface area (Å²) in [6, 6.07) is 7.29. The molecule has 2 N–H and O–H groups in total. The molecule has 2 aromatic rings. The molecule has 1 fully saturated rings. The van der Waals surface area contributed by atoms with Gasteiger partial charge in [-0.25, -0.2) is 4.68 Å². The number of nitrogens with zero attached hydrogens (tertiary/aromatic N) is 3. The molecule has 1 saturated heterocycles. The molecule has 23 heavy (non-hydrogen) atoms. The van der Waals surface area contributed by atoms with Crippen molar-refractivity contribution >= 4 is 35.6 Å². The van der Waals surface area contributed by atoms with Gasteiger partial charge < -0.3 is 10.6 Å². The van der Waals surface area contributed by atoms with Crippen molar-refractivity contribution in [2.24, 2.45) is 0 Å². The number of piperidine rings is 1. The Bertz CT molecular complexity index is 665. The summed E-state index contributed by atoms with van der Waals surface area (Å²) in [6.07, 6.45) is 2.00. The average Bonchev–Trinajstić information content (AvgIpc) is 2.92. The van der Waals surface area contributed by atoms with Gasteiger partial charge in [0.25, 0.3) is 5.91 Å². The monoisotopic (exact) mass is 355 g/mol. The molecule has 1 aliphatic heterocycles. The van der Waals surface area contributed by atoms with Gasteiger partial charge in [-0.15, -0.1) is 17.5 Å². The molecule has 1 aliphatic rings. The van der Waals surface area contributed by atoms with E-state index >= 15 is 0 Å². The summed E-state index contributed by atoms with van der Waals surface area (Å²) in [5, 5.41) is 15.0. The molecule has 0 radical (unpaired) electrons. The van der Waals surface area contributed by atoms with E-state index in [1.54, 1.807) is 24.3 Å². The minimum Gasteiger partial charge on any atom is -0.321 e. The minimum absolute atomic E-state index is 0. The van der Waals surface area contributed by atoms with E-state index in [1.807, 2.05) is 11.6 Å². The van der Waals surface area contributed by atoms with Crippen LogP contribution in [0.3, 0.4) is 0 Å². The predicted octanol–water partition coefficient (Wildman–Crippen LogP) is 2.84. The molecule has 0 spiro atoms. The van der Waals surface area contributed by atoms with Gasteiger partial charge in [-0.3, -0.25) is 4.79 Å². The van der Waals surface area contributed by atoms with Gasteiger partial charge in [0.2, 0.25) is 0 Å². The second-order valence-electron chi connectivity index (χ2n) is 5.41. The number of carbonyl (C=O) groups is 1. The number of aromatic nitrogens is 3. The number of carbonyl (C=O) groups excluding carboxylic acids is 1. The van der Waals surface area contributed by atoms with Crippen molar-refractivity contribution in [3.8, 4) is 0 Å². The van der Waals surface area contributed by atoms with Crippen molar-refractivity contribution in [3.05, 3.63) is 40.7 Å². The summed E-state index contributed by atoms with van der Waals surface area (Å²) >= 11 is 5.84. The predicted molar refractivity (Wildman–Crippen MR) is 92.6 cm³/mol. The summed E-state index contributed by atoms with van der Waals surface area (Å²) in [5.41, 5.74) is 1.86. The van der Waals surface area contributed by atoms with Gasteiger partial charge in [-0.05, 0) is 57.1 Å². The molecule has 1 aromatic heterocycles. The fourth-order valence-electron chi connectivity index (χ4n) is 2.67. The highest BCUT2D eigenvalue weighted by Gasteiger charge is 2.22. The summed E-state index contributed by atoms with van der Waals surface area (Å²) in [7, 11) is 0. The fourth-order valence-corrected chi connectivity index (χ4v) is 2.80. The molecule has 0 bridgehead atoms. The van der Waals surface area contributed by atoms with Crippen LogP contribution in [0, 0.1) is 6.92 Å². The van der Waals surface area contributed by atoms with Crippen LogP contribution in [0.5, 0.6) is 0 Å². The molecular weight excluding hydrogens is 337 g/mol. The second kappa shape index (κ2) is 7.77. The zero-order valence-corrected chi connectivity index (χ0v) is 14.3. The zero-order valence-electron chi connectivity index (χ0n) is 12.8. The normalized spacial score (nSPS) is 15.0. The standard InChI is InChI=1S/C15H18ClN5O.ClH/c1-10-14(15(22)18-12-4-2-11(16)3-5-12)19-20-21(10)13-6-8-17-9-7-13;/h2-5,13,17H,6-9H2,1H3,(H,18,22);1H. The highest BCUT2D eigenvalue weighted by Crippen LogP contribution is 2.21. The molecule has 6 nitrogen and oxygen atoms in total. The smallest absolute Gasteiger partial charge is 0.278 e. The molecule has 124 valence electrons. The van der Waals surface area contributed by atoms with Crippen molar-refractivity contribution in [2.75, 3.05) is 18.4 Å². The first-order chi connectivity index (χ1) is 10.6. The third-order valence-electron chi connectivity index (χ3n) is 3.90. The van der Waals surface area contributed by atoms with Crippen LogP contribution in [0.25, 0.3) is 0 Å². The van der Waals surface area contributed by atoms with Gasteiger partial charge in [0.15, 0.2) is 5.69 Å². The number of amides is 1. The van der Waals surface area contributed by atoms with Gasteiger partial charge in [-0.1, -0.05) is 16.8 Å². The fraction of sp³-hybridized carbons (Fsp3) is 0.400. The van der Waals surface area contributed by atoms with E-state index in [4.69, 9.17) is 11.6 Å². The Balaban J connectivity index is 0.00000192. The van der Waals surface area contributed by atoms with Crippen LogP contribution in [-0.2, 0) is 0 Å². The first-order valence-electron chi connectivity index (χ1n) is 7.34. The largest absolute Gasteiger partial charge is 0.321 e.